The summed E-state index contributed by atoms with van der Waals surface area (Å²) < 4.78 is 16.5. The SMILES string of the molecule is CCOC(=O)N1C=COC(C2=C(Cc3cc([C@@H]4O[C@H](CO)[C@@H](O)[C@H](O)[C@@H]4O)ccc3Cl)C=CCC2)=C1. The van der Waals surface area contributed by atoms with Crippen LogP contribution in [0, 0.1) is 0 Å². The molecule has 5 atom stereocenters. The first-order valence-electron chi connectivity index (χ1n) is 11.8. The monoisotopic (exact) mass is 519 g/mol. The van der Waals surface area contributed by atoms with E-state index < -0.39 is 43.2 Å². The Morgan fingerprint density at radius 2 is 2.03 bits per heavy atom. The summed E-state index contributed by atoms with van der Waals surface area (Å²) in [5.41, 5.74) is 3.17. The molecule has 1 aromatic carbocycles. The van der Waals surface area contributed by atoms with Crippen molar-refractivity contribution in [3.63, 3.8) is 0 Å². The van der Waals surface area contributed by atoms with Crippen LogP contribution in [0.5, 0.6) is 0 Å². The lowest BCUT2D eigenvalue weighted by molar-refractivity contribution is -0.231. The molecule has 1 saturated heterocycles. The maximum Gasteiger partial charge on any atom is 0.418 e. The molecule has 4 rings (SSSR count). The van der Waals surface area contributed by atoms with E-state index >= 15 is 0 Å². The highest BCUT2D eigenvalue weighted by Crippen LogP contribution is 2.36. The van der Waals surface area contributed by atoms with Crippen LogP contribution < -0.4 is 0 Å². The fourth-order valence-corrected chi connectivity index (χ4v) is 4.66. The van der Waals surface area contributed by atoms with Crippen molar-refractivity contribution >= 4 is 17.7 Å². The third-order valence-corrected chi connectivity index (χ3v) is 6.76. The van der Waals surface area contributed by atoms with Gasteiger partial charge in [0.25, 0.3) is 0 Å². The number of ether oxygens (including phenoxy) is 3. The second-order valence-corrected chi connectivity index (χ2v) is 9.13. The fraction of sp³-hybridized carbons (Fsp3) is 0.423. The first-order valence-corrected chi connectivity index (χ1v) is 12.2. The number of hydrogen-bond acceptors (Lipinski definition) is 8. The van der Waals surface area contributed by atoms with Crippen molar-refractivity contribution in [2.24, 2.45) is 0 Å². The van der Waals surface area contributed by atoms with Crippen LogP contribution in [-0.4, -0.2) is 69.0 Å². The smallest absolute Gasteiger partial charge is 0.418 e. The normalized spacial score (nSPS) is 28.1. The van der Waals surface area contributed by atoms with E-state index in [-0.39, 0.29) is 6.61 Å². The lowest BCUT2D eigenvalue weighted by Crippen LogP contribution is -2.55. The van der Waals surface area contributed by atoms with E-state index in [4.69, 9.17) is 25.8 Å². The Morgan fingerprint density at radius 1 is 1.22 bits per heavy atom. The van der Waals surface area contributed by atoms with E-state index in [0.29, 0.717) is 29.2 Å². The Morgan fingerprint density at radius 3 is 2.78 bits per heavy atom. The van der Waals surface area contributed by atoms with Crippen LogP contribution >= 0.6 is 11.6 Å². The summed E-state index contributed by atoms with van der Waals surface area (Å²) in [6.07, 6.45) is 3.74. The molecule has 0 bridgehead atoms. The number of nitrogens with zero attached hydrogens (tertiary/aromatic N) is 1. The first-order chi connectivity index (χ1) is 17.3. The summed E-state index contributed by atoms with van der Waals surface area (Å²) in [5, 5.41) is 40.8. The minimum Gasteiger partial charge on any atom is -0.462 e. The third-order valence-electron chi connectivity index (χ3n) is 6.39. The summed E-state index contributed by atoms with van der Waals surface area (Å²) in [7, 11) is 0. The minimum absolute atomic E-state index is 0.257. The van der Waals surface area contributed by atoms with Crippen molar-refractivity contribution < 1.29 is 39.4 Å². The van der Waals surface area contributed by atoms with Gasteiger partial charge in [0.2, 0.25) is 0 Å². The zero-order chi connectivity index (χ0) is 25.8. The molecule has 36 heavy (non-hydrogen) atoms. The van der Waals surface area contributed by atoms with Gasteiger partial charge in [-0.15, -0.1) is 0 Å². The lowest BCUT2D eigenvalue weighted by atomic mass is 9.88. The van der Waals surface area contributed by atoms with Crippen LogP contribution in [0.15, 0.2) is 65.9 Å². The predicted octanol–water partition coefficient (Wildman–Crippen LogP) is 2.85. The van der Waals surface area contributed by atoms with Crippen LogP contribution in [0.2, 0.25) is 5.02 Å². The maximum atomic E-state index is 12.2. The second kappa shape index (κ2) is 11.6. The van der Waals surface area contributed by atoms with Crippen LogP contribution in [0.1, 0.15) is 37.0 Å². The van der Waals surface area contributed by atoms with E-state index in [1.54, 1.807) is 31.3 Å². The number of hydrogen-bond donors (Lipinski definition) is 4. The van der Waals surface area contributed by atoms with E-state index in [2.05, 4.69) is 6.08 Å². The molecule has 194 valence electrons. The molecule has 4 N–H and O–H groups in total. The molecule has 1 aliphatic carbocycles. The molecule has 2 aliphatic heterocycles. The quantitative estimate of drug-likeness (QED) is 0.451. The Bertz CT molecular complexity index is 1100. The summed E-state index contributed by atoms with van der Waals surface area (Å²) >= 11 is 6.53. The number of rotatable bonds is 6. The summed E-state index contributed by atoms with van der Waals surface area (Å²) in [5.74, 6) is 0.533. The Hall–Kier alpha value is -2.66. The predicted molar refractivity (Wildman–Crippen MR) is 130 cm³/mol. The molecular weight excluding hydrogens is 490 g/mol. The van der Waals surface area contributed by atoms with Gasteiger partial charge < -0.3 is 34.6 Å². The van der Waals surface area contributed by atoms with Crippen molar-refractivity contribution in [1.29, 1.82) is 0 Å². The third kappa shape index (κ3) is 5.51. The number of carbonyl (C=O) groups excluding carboxylic acids is 1. The number of aliphatic hydroxyl groups excluding tert-OH is 4. The largest absolute Gasteiger partial charge is 0.462 e. The topological polar surface area (TPSA) is 129 Å². The number of benzene rings is 1. The first kappa shape index (κ1) is 26.4. The molecule has 9 nitrogen and oxygen atoms in total. The molecule has 0 radical (unpaired) electrons. The highest BCUT2D eigenvalue weighted by Gasteiger charge is 2.44. The number of aliphatic hydroxyl groups is 4. The number of allylic oxidation sites excluding steroid dienone is 4. The molecule has 2 heterocycles. The fourth-order valence-electron chi connectivity index (χ4n) is 4.48. The van der Waals surface area contributed by atoms with Gasteiger partial charge in [0.15, 0.2) is 0 Å². The Kier molecular flexibility index (Phi) is 8.50. The van der Waals surface area contributed by atoms with Gasteiger partial charge in [-0.25, -0.2) is 4.79 Å². The van der Waals surface area contributed by atoms with Crippen molar-refractivity contribution in [3.8, 4) is 0 Å². The molecule has 0 spiro atoms. The van der Waals surface area contributed by atoms with Gasteiger partial charge >= 0.3 is 6.09 Å². The molecule has 1 amide bonds. The molecule has 0 saturated carbocycles. The second-order valence-electron chi connectivity index (χ2n) is 8.72. The van der Waals surface area contributed by atoms with Crippen LogP contribution in [-0.2, 0) is 20.6 Å². The molecule has 3 aliphatic rings. The van der Waals surface area contributed by atoms with Crippen molar-refractivity contribution in [2.75, 3.05) is 13.2 Å². The molecule has 0 unspecified atom stereocenters. The summed E-state index contributed by atoms with van der Waals surface area (Å²) in [4.78, 5) is 13.5. The number of halogens is 1. The van der Waals surface area contributed by atoms with Gasteiger partial charge in [-0.3, -0.25) is 4.90 Å². The molecule has 1 aromatic rings. The average Bonchev–Trinajstić information content (AvgIpc) is 2.89. The van der Waals surface area contributed by atoms with Gasteiger partial charge in [-0.05, 0) is 49.0 Å². The zero-order valence-corrected chi connectivity index (χ0v) is 20.5. The Balaban J connectivity index is 1.62. The van der Waals surface area contributed by atoms with Gasteiger partial charge in [-0.2, -0.15) is 0 Å². The van der Waals surface area contributed by atoms with E-state index in [1.807, 2.05) is 6.08 Å². The minimum atomic E-state index is -1.47. The van der Waals surface area contributed by atoms with Crippen LogP contribution in [0.4, 0.5) is 4.79 Å². The van der Waals surface area contributed by atoms with Gasteiger partial charge in [-0.1, -0.05) is 35.9 Å². The summed E-state index contributed by atoms with van der Waals surface area (Å²) in [6, 6.07) is 5.14. The standard InChI is InChI=1S/C26H30ClNO8/c1-2-34-26(33)28-9-10-35-20(13-28)18-6-4-3-5-15(18)11-17-12-16(7-8-19(17)27)25-24(32)23(31)22(30)21(14-29)36-25/h3,5,7-10,12-13,21-25,29-32H,2,4,6,11,14H2,1H3/t21-,22-,23+,24+,25+/m1/s1. The molecule has 0 aromatic heterocycles. The summed E-state index contributed by atoms with van der Waals surface area (Å²) in [6.45, 7) is 1.49. The highest BCUT2D eigenvalue weighted by molar-refractivity contribution is 6.31. The zero-order valence-electron chi connectivity index (χ0n) is 19.8. The Labute approximate surface area is 214 Å². The van der Waals surface area contributed by atoms with Crippen LogP contribution in [0.25, 0.3) is 0 Å². The van der Waals surface area contributed by atoms with Crippen molar-refractivity contribution in [2.45, 2.75) is 56.7 Å². The van der Waals surface area contributed by atoms with Crippen molar-refractivity contribution in [1.82, 2.24) is 4.90 Å². The van der Waals surface area contributed by atoms with E-state index in [1.165, 1.54) is 17.4 Å². The molecule has 10 heteroatoms. The maximum absolute atomic E-state index is 12.2. The number of carbonyl (C=O) groups is 1. The van der Waals surface area contributed by atoms with E-state index in [0.717, 1.165) is 23.1 Å². The van der Waals surface area contributed by atoms with Crippen molar-refractivity contribution in [3.05, 3.63) is 82.1 Å². The lowest BCUT2D eigenvalue weighted by Gasteiger charge is -2.40. The highest BCUT2D eigenvalue weighted by atomic mass is 35.5. The van der Waals surface area contributed by atoms with Gasteiger partial charge in [0.1, 0.15) is 42.5 Å². The van der Waals surface area contributed by atoms with Crippen LogP contribution in [0.3, 0.4) is 0 Å². The average molecular weight is 520 g/mol. The molecule has 1 fully saturated rings. The number of amides is 1. The van der Waals surface area contributed by atoms with Gasteiger partial charge in [0.05, 0.1) is 25.6 Å². The van der Waals surface area contributed by atoms with Gasteiger partial charge in [0, 0.05) is 10.6 Å². The molecular formula is C26H30ClNO8. The van der Waals surface area contributed by atoms with E-state index in [9.17, 15) is 25.2 Å².